The Labute approximate surface area is 184 Å². The summed E-state index contributed by atoms with van der Waals surface area (Å²) < 4.78 is 13.2. The number of methoxy groups -OCH3 is 1. The van der Waals surface area contributed by atoms with Gasteiger partial charge in [0.1, 0.15) is 11.5 Å². The van der Waals surface area contributed by atoms with Crippen LogP contribution in [0.5, 0.6) is 11.5 Å². The number of thioether (sulfide) groups is 1. The van der Waals surface area contributed by atoms with Crippen LogP contribution in [-0.2, 0) is 11.3 Å². The number of nitrogens with zero attached hydrogens (tertiary/aromatic N) is 4. The second-order valence-corrected chi connectivity index (χ2v) is 8.67. The molecular formula is C20H25N5O3S2. The molecule has 0 aliphatic carbocycles. The first-order valence-corrected chi connectivity index (χ1v) is 11.3. The van der Waals surface area contributed by atoms with Gasteiger partial charge in [-0.05, 0) is 39.8 Å². The Hall–Kier alpha value is -2.59. The summed E-state index contributed by atoms with van der Waals surface area (Å²) in [6, 6.07) is 7.43. The van der Waals surface area contributed by atoms with Gasteiger partial charge < -0.3 is 19.4 Å². The molecule has 160 valence electrons. The van der Waals surface area contributed by atoms with Gasteiger partial charge in [-0.3, -0.25) is 4.79 Å². The number of rotatable bonds is 9. The minimum atomic E-state index is -0.311. The van der Waals surface area contributed by atoms with Gasteiger partial charge in [0, 0.05) is 17.5 Å². The molecular weight excluding hydrogens is 422 g/mol. The third-order valence-electron chi connectivity index (χ3n) is 4.39. The normalized spacial score (nSPS) is 11.9. The zero-order chi connectivity index (χ0) is 21.7. The van der Waals surface area contributed by atoms with Crippen LogP contribution in [0.3, 0.4) is 0 Å². The second kappa shape index (κ2) is 9.94. The minimum absolute atomic E-state index is 0.123. The maximum atomic E-state index is 12.3. The van der Waals surface area contributed by atoms with Crippen LogP contribution in [0.15, 0.2) is 29.4 Å². The zero-order valence-corrected chi connectivity index (χ0v) is 19.3. The molecule has 3 aromatic rings. The fourth-order valence-electron chi connectivity index (χ4n) is 2.75. The summed E-state index contributed by atoms with van der Waals surface area (Å²) in [4.78, 5) is 17.7. The van der Waals surface area contributed by atoms with Crippen molar-refractivity contribution in [2.75, 3.05) is 18.2 Å². The Balaban J connectivity index is 1.63. The predicted octanol–water partition coefficient (Wildman–Crippen LogP) is 4.25. The molecule has 0 radical (unpaired) electrons. The summed E-state index contributed by atoms with van der Waals surface area (Å²) in [7, 11) is 1.62. The van der Waals surface area contributed by atoms with Gasteiger partial charge in [0.05, 0.1) is 18.6 Å². The maximum absolute atomic E-state index is 12.3. The van der Waals surface area contributed by atoms with E-state index >= 15 is 0 Å². The van der Waals surface area contributed by atoms with Crippen molar-refractivity contribution < 1.29 is 14.3 Å². The Bertz CT molecular complexity index is 998. The van der Waals surface area contributed by atoms with Gasteiger partial charge in [0.25, 0.3) is 0 Å². The Morgan fingerprint density at radius 1 is 1.30 bits per heavy atom. The van der Waals surface area contributed by atoms with Crippen LogP contribution >= 0.6 is 23.1 Å². The fraction of sp³-hybridized carbons (Fsp3) is 0.400. The highest BCUT2D eigenvalue weighted by Gasteiger charge is 2.20. The third-order valence-corrected chi connectivity index (χ3v) is 6.34. The molecule has 1 unspecified atom stereocenters. The average Bonchev–Trinajstić information content (AvgIpc) is 3.28. The lowest BCUT2D eigenvalue weighted by Crippen LogP contribution is -2.15. The summed E-state index contributed by atoms with van der Waals surface area (Å²) in [6.07, 6.45) is -0.311. The Kier molecular flexibility index (Phi) is 7.33. The van der Waals surface area contributed by atoms with E-state index in [1.54, 1.807) is 7.11 Å². The average molecular weight is 448 g/mol. The standard InChI is InChI=1S/C20H25N5O3S2/c1-6-25-18(13(3)28-16-9-7-8-15(10-16)27-5)23-24-20(25)29-11-17(26)22-19-21-12(2)14(4)30-19/h7-10,13H,6,11H2,1-5H3,(H,21,22,26). The van der Waals surface area contributed by atoms with E-state index in [-0.39, 0.29) is 17.8 Å². The van der Waals surface area contributed by atoms with E-state index in [9.17, 15) is 4.79 Å². The molecule has 2 heterocycles. The number of hydrogen-bond donors (Lipinski definition) is 1. The van der Waals surface area contributed by atoms with E-state index in [1.165, 1.54) is 23.1 Å². The van der Waals surface area contributed by atoms with E-state index in [4.69, 9.17) is 9.47 Å². The summed E-state index contributed by atoms with van der Waals surface area (Å²) >= 11 is 2.81. The molecule has 0 saturated carbocycles. The minimum Gasteiger partial charge on any atom is -0.497 e. The lowest BCUT2D eigenvalue weighted by atomic mass is 10.3. The van der Waals surface area contributed by atoms with Crippen LogP contribution in [0.25, 0.3) is 0 Å². The highest BCUT2D eigenvalue weighted by molar-refractivity contribution is 7.99. The number of aryl methyl sites for hydroxylation is 2. The summed E-state index contributed by atoms with van der Waals surface area (Å²) in [6.45, 7) is 8.51. The third kappa shape index (κ3) is 5.31. The number of nitrogens with one attached hydrogen (secondary N) is 1. The van der Waals surface area contributed by atoms with Crippen molar-refractivity contribution in [1.29, 1.82) is 0 Å². The maximum Gasteiger partial charge on any atom is 0.236 e. The molecule has 3 rings (SSSR count). The summed E-state index contributed by atoms with van der Waals surface area (Å²) in [5.41, 5.74) is 0.934. The fourth-order valence-corrected chi connectivity index (χ4v) is 4.39. The van der Waals surface area contributed by atoms with E-state index in [0.717, 1.165) is 16.3 Å². The number of carbonyl (C=O) groups is 1. The Morgan fingerprint density at radius 2 is 2.07 bits per heavy atom. The number of amides is 1. The predicted molar refractivity (Wildman–Crippen MR) is 119 cm³/mol. The van der Waals surface area contributed by atoms with Gasteiger partial charge in [-0.1, -0.05) is 17.8 Å². The van der Waals surface area contributed by atoms with Crippen LogP contribution in [-0.4, -0.2) is 38.5 Å². The molecule has 1 atom stereocenters. The van der Waals surface area contributed by atoms with Crippen molar-refractivity contribution in [3.63, 3.8) is 0 Å². The number of aromatic nitrogens is 4. The molecule has 0 saturated heterocycles. The van der Waals surface area contributed by atoms with Crippen molar-refractivity contribution >= 4 is 34.1 Å². The highest BCUT2D eigenvalue weighted by atomic mass is 32.2. The molecule has 10 heteroatoms. The molecule has 30 heavy (non-hydrogen) atoms. The van der Waals surface area contributed by atoms with Gasteiger partial charge in [0.15, 0.2) is 22.2 Å². The first-order valence-electron chi connectivity index (χ1n) is 9.51. The molecule has 0 aliphatic rings. The van der Waals surface area contributed by atoms with Gasteiger partial charge in [-0.25, -0.2) is 4.98 Å². The first-order chi connectivity index (χ1) is 14.4. The van der Waals surface area contributed by atoms with E-state index in [2.05, 4.69) is 20.5 Å². The zero-order valence-electron chi connectivity index (χ0n) is 17.6. The number of ether oxygens (including phenoxy) is 2. The quantitative estimate of drug-likeness (QED) is 0.490. The van der Waals surface area contributed by atoms with E-state index < -0.39 is 0 Å². The van der Waals surface area contributed by atoms with Crippen molar-refractivity contribution in [3.05, 3.63) is 40.7 Å². The van der Waals surface area contributed by atoms with Crippen LogP contribution in [0, 0.1) is 13.8 Å². The summed E-state index contributed by atoms with van der Waals surface area (Å²) in [5, 5.41) is 12.7. The molecule has 0 aliphatic heterocycles. The number of benzene rings is 1. The highest BCUT2D eigenvalue weighted by Crippen LogP contribution is 2.27. The molecule has 1 N–H and O–H groups in total. The topological polar surface area (TPSA) is 91.2 Å². The van der Waals surface area contributed by atoms with Gasteiger partial charge >= 0.3 is 0 Å². The summed E-state index contributed by atoms with van der Waals surface area (Å²) in [5.74, 6) is 2.22. The largest absolute Gasteiger partial charge is 0.497 e. The molecule has 2 aromatic heterocycles. The van der Waals surface area contributed by atoms with Gasteiger partial charge in [-0.2, -0.15) is 0 Å². The number of hydrogen-bond acceptors (Lipinski definition) is 8. The van der Waals surface area contributed by atoms with Crippen LogP contribution < -0.4 is 14.8 Å². The second-order valence-electron chi connectivity index (χ2n) is 6.52. The molecule has 0 spiro atoms. The molecule has 0 fully saturated rings. The van der Waals surface area contributed by atoms with Crippen molar-refractivity contribution in [2.45, 2.75) is 45.5 Å². The molecule has 8 nitrogen and oxygen atoms in total. The van der Waals surface area contributed by atoms with Gasteiger partial charge in [0.2, 0.25) is 5.91 Å². The van der Waals surface area contributed by atoms with Crippen LogP contribution in [0.1, 0.15) is 36.3 Å². The SMILES string of the molecule is CCn1c(SCC(=O)Nc2nc(C)c(C)s2)nnc1C(C)Oc1cccc(OC)c1. The van der Waals surface area contributed by atoms with Crippen molar-refractivity contribution in [1.82, 2.24) is 19.7 Å². The number of anilines is 1. The van der Waals surface area contributed by atoms with Crippen LogP contribution in [0.4, 0.5) is 5.13 Å². The number of thiazole rings is 1. The van der Waals surface area contributed by atoms with E-state index in [1.807, 2.05) is 56.5 Å². The Morgan fingerprint density at radius 3 is 2.73 bits per heavy atom. The molecule has 1 aromatic carbocycles. The first kappa shape index (κ1) is 22.1. The van der Waals surface area contributed by atoms with Crippen molar-refractivity contribution in [3.8, 4) is 11.5 Å². The lowest BCUT2D eigenvalue weighted by Gasteiger charge is -2.16. The number of carbonyl (C=O) groups excluding carboxylic acids is 1. The monoisotopic (exact) mass is 447 g/mol. The van der Waals surface area contributed by atoms with E-state index in [0.29, 0.717) is 28.4 Å². The molecule has 0 bridgehead atoms. The molecule has 1 amide bonds. The van der Waals surface area contributed by atoms with Gasteiger partial charge in [-0.15, -0.1) is 21.5 Å². The van der Waals surface area contributed by atoms with Crippen LogP contribution in [0.2, 0.25) is 0 Å². The smallest absolute Gasteiger partial charge is 0.236 e. The lowest BCUT2D eigenvalue weighted by molar-refractivity contribution is -0.113. The van der Waals surface area contributed by atoms with Crippen molar-refractivity contribution in [2.24, 2.45) is 0 Å².